The minimum absolute atomic E-state index is 0.129. The van der Waals surface area contributed by atoms with Crippen LogP contribution < -0.4 is 0 Å². The molecule has 0 aromatic heterocycles. The van der Waals surface area contributed by atoms with Gasteiger partial charge in [0.15, 0.2) is 0 Å². The van der Waals surface area contributed by atoms with Crippen molar-refractivity contribution in [2.24, 2.45) is 11.8 Å². The molecule has 1 aliphatic heterocycles. The van der Waals surface area contributed by atoms with E-state index in [4.69, 9.17) is 0 Å². The lowest BCUT2D eigenvalue weighted by Gasteiger charge is -2.18. The van der Waals surface area contributed by atoms with E-state index in [1.807, 2.05) is 0 Å². The molecule has 3 rings (SSSR count). The minimum atomic E-state index is -0.389. The van der Waals surface area contributed by atoms with Crippen molar-refractivity contribution in [1.82, 2.24) is 4.90 Å². The molecule has 2 fully saturated rings. The summed E-state index contributed by atoms with van der Waals surface area (Å²) in [7, 11) is 0. The van der Waals surface area contributed by atoms with Gasteiger partial charge in [0.25, 0.3) is 5.91 Å². The van der Waals surface area contributed by atoms with Gasteiger partial charge in [-0.05, 0) is 37.0 Å². The first-order chi connectivity index (χ1) is 8.65. The highest BCUT2D eigenvalue weighted by Crippen LogP contribution is 2.38. The number of rotatable bonds is 1. The Balaban J connectivity index is 1.75. The summed E-state index contributed by atoms with van der Waals surface area (Å²) in [5.74, 6) is 0.108. The van der Waals surface area contributed by atoms with Crippen LogP contribution in [0.15, 0.2) is 24.3 Å². The number of hydrogen-bond donors (Lipinski definition) is 1. The highest BCUT2D eigenvalue weighted by Gasteiger charge is 2.43. The number of carbonyl (C=O) groups excluding carboxylic acids is 1. The van der Waals surface area contributed by atoms with Crippen LogP contribution in [0.3, 0.4) is 0 Å². The molecular weight excluding hydrogens is 233 g/mol. The van der Waals surface area contributed by atoms with Crippen molar-refractivity contribution in [3.8, 4) is 0 Å². The van der Waals surface area contributed by atoms with E-state index in [-0.39, 0.29) is 23.7 Å². The number of aliphatic hydroxyl groups excluding tert-OH is 1. The SMILES string of the molecule is O=C(c1cccc(F)c1)N1CC2CCC(O)C2C1. The van der Waals surface area contributed by atoms with Gasteiger partial charge in [-0.3, -0.25) is 4.79 Å². The Labute approximate surface area is 105 Å². The van der Waals surface area contributed by atoms with Gasteiger partial charge in [0, 0.05) is 24.6 Å². The van der Waals surface area contributed by atoms with Crippen molar-refractivity contribution in [3.05, 3.63) is 35.6 Å². The molecule has 0 radical (unpaired) electrons. The van der Waals surface area contributed by atoms with E-state index in [1.165, 1.54) is 12.1 Å². The van der Waals surface area contributed by atoms with Gasteiger partial charge in [0.05, 0.1) is 6.10 Å². The molecule has 1 aromatic rings. The third kappa shape index (κ3) is 1.90. The van der Waals surface area contributed by atoms with Crippen LogP contribution in [0.5, 0.6) is 0 Å². The zero-order valence-corrected chi connectivity index (χ0v) is 10.1. The molecule has 2 aliphatic rings. The van der Waals surface area contributed by atoms with Gasteiger partial charge in [0.1, 0.15) is 5.82 Å². The summed E-state index contributed by atoms with van der Waals surface area (Å²) in [5, 5.41) is 9.82. The lowest BCUT2D eigenvalue weighted by molar-refractivity contribution is 0.0752. The second-order valence-corrected chi connectivity index (χ2v) is 5.29. The Kier molecular flexibility index (Phi) is 2.82. The highest BCUT2D eigenvalue weighted by atomic mass is 19.1. The topological polar surface area (TPSA) is 40.5 Å². The predicted octanol–water partition coefficient (Wildman–Crippen LogP) is 1.67. The largest absolute Gasteiger partial charge is 0.393 e. The number of hydrogen-bond acceptors (Lipinski definition) is 2. The number of benzene rings is 1. The van der Waals surface area contributed by atoms with Crippen molar-refractivity contribution >= 4 is 5.91 Å². The zero-order chi connectivity index (χ0) is 12.7. The molecule has 1 saturated heterocycles. The fourth-order valence-electron chi connectivity index (χ4n) is 3.21. The van der Waals surface area contributed by atoms with E-state index in [9.17, 15) is 14.3 Å². The fraction of sp³-hybridized carbons (Fsp3) is 0.500. The number of nitrogens with zero attached hydrogens (tertiary/aromatic N) is 1. The Morgan fingerprint density at radius 1 is 1.33 bits per heavy atom. The third-order valence-corrected chi connectivity index (χ3v) is 4.18. The van der Waals surface area contributed by atoms with Crippen molar-refractivity contribution in [2.75, 3.05) is 13.1 Å². The number of halogens is 1. The second-order valence-electron chi connectivity index (χ2n) is 5.29. The molecular formula is C14H16FNO2. The Morgan fingerprint density at radius 3 is 2.89 bits per heavy atom. The third-order valence-electron chi connectivity index (χ3n) is 4.18. The number of amides is 1. The van der Waals surface area contributed by atoms with E-state index < -0.39 is 0 Å². The van der Waals surface area contributed by atoms with Gasteiger partial charge in [-0.1, -0.05) is 6.07 Å². The summed E-state index contributed by atoms with van der Waals surface area (Å²) in [6.45, 7) is 1.29. The lowest BCUT2D eigenvalue weighted by Crippen LogP contribution is -2.31. The highest BCUT2D eigenvalue weighted by molar-refractivity contribution is 5.94. The van der Waals surface area contributed by atoms with Crippen LogP contribution in [-0.2, 0) is 0 Å². The summed E-state index contributed by atoms with van der Waals surface area (Å²) >= 11 is 0. The Morgan fingerprint density at radius 2 is 2.17 bits per heavy atom. The average Bonchev–Trinajstić information content (AvgIpc) is 2.91. The first-order valence-corrected chi connectivity index (χ1v) is 6.38. The molecule has 1 aromatic carbocycles. The molecule has 0 spiro atoms. The van der Waals surface area contributed by atoms with Crippen molar-refractivity contribution < 1.29 is 14.3 Å². The summed E-state index contributed by atoms with van der Waals surface area (Å²) in [6, 6.07) is 5.79. The monoisotopic (exact) mass is 249 g/mol. The van der Waals surface area contributed by atoms with Gasteiger partial charge < -0.3 is 10.0 Å². The van der Waals surface area contributed by atoms with Crippen molar-refractivity contribution in [2.45, 2.75) is 18.9 Å². The van der Waals surface area contributed by atoms with Crippen LogP contribution in [0, 0.1) is 17.7 Å². The molecule has 96 valence electrons. The van der Waals surface area contributed by atoms with Crippen LogP contribution in [0.1, 0.15) is 23.2 Å². The first kappa shape index (κ1) is 11.7. The van der Waals surface area contributed by atoms with Crippen LogP contribution in [0.4, 0.5) is 4.39 Å². The van der Waals surface area contributed by atoms with Gasteiger partial charge in [-0.25, -0.2) is 4.39 Å². The molecule has 1 amide bonds. The molecule has 4 heteroatoms. The predicted molar refractivity (Wildman–Crippen MR) is 64.5 cm³/mol. The molecule has 1 N–H and O–H groups in total. The summed E-state index contributed by atoms with van der Waals surface area (Å²) in [6.07, 6.45) is 1.55. The van der Waals surface area contributed by atoms with E-state index in [1.54, 1.807) is 17.0 Å². The maximum absolute atomic E-state index is 13.1. The first-order valence-electron chi connectivity index (χ1n) is 6.38. The Hall–Kier alpha value is -1.42. The maximum Gasteiger partial charge on any atom is 0.253 e. The van der Waals surface area contributed by atoms with Crippen LogP contribution in [0.25, 0.3) is 0 Å². The zero-order valence-electron chi connectivity index (χ0n) is 10.1. The van der Waals surface area contributed by atoms with Gasteiger partial charge in [-0.15, -0.1) is 0 Å². The molecule has 1 heterocycles. The normalized spacial score (nSPS) is 30.6. The smallest absolute Gasteiger partial charge is 0.253 e. The number of aliphatic hydroxyl groups is 1. The van der Waals surface area contributed by atoms with Crippen LogP contribution >= 0.6 is 0 Å². The summed E-state index contributed by atoms with van der Waals surface area (Å²) < 4.78 is 13.1. The van der Waals surface area contributed by atoms with Crippen LogP contribution in [-0.4, -0.2) is 35.1 Å². The quantitative estimate of drug-likeness (QED) is 0.822. The van der Waals surface area contributed by atoms with Crippen molar-refractivity contribution in [1.29, 1.82) is 0 Å². The van der Waals surface area contributed by atoms with Gasteiger partial charge in [-0.2, -0.15) is 0 Å². The minimum Gasteiger partial charge on any atom is -0.393 e. The van der Waals surface area contributed by atoms with Gasteiger partial charge in [0.2, 0.25) is 0 Å². The summed E-state index contributed by atoms with van der Waals surface area (Å²) in [5.41, 5.74) is 0.393. The van der Waals surface area contributed by atoms with Gasteiger partial charge >= 0.3 is 0 Å². The number of fused-ring (bicyclic) bond motifs is 1. The Bertz CT molecular complexity index is 477. The van der Waals surface area contributed by atoms with Crippen LogP contribution in [0.2, 0.25) is 0 Å². The molecule has 1 saturated carbocycles. The average molecular weight is 249 g/mol. The molecule has 0 bridgehead atoms. The number of likely N-dealkylation sites (tertiary alicyclic amines) is 1. The molecule has 3 unspecified atom stereocenters. The summed E-state index contributed by atoms with van der Waals surface area (Å²) in [4.78, 5) is 14.0. The molecule has 3 atom stereocenters. The second kappa shape index (κ2) is 4.35. The van der Waals surface area contributed by atoms with E-state index >= 15 is 0 Å². The molecule has 1 aliphatic carbocycles. The van der Waals surface area contributed by atoms with E-state index in [0.717, 1.165) is 12.8 Å². The van der Waals surface area contributed by atoms with Crippen molar-refractivity contribution in [3.63, 3.8) is 0 Å². The number of carbonyl (C=O) groups is 1. The van der Waals surface area contributed by atoms with E-state index in [0.29, 0.717) is 24.6 Å². The lowest BCUT2D eigenvalue weighted by atomic mass is 10.00. The maximum atomic E-state index is 13.1. The fourth-order valence-corrected chi connectivity index (χ4v) is 3.21. The molecule has 18 heavy (non-hydrogen) atoms. The van der Waals surface area contributed by atoms with E-state index in [2.05, 4.69) is 0 Å². The standard InChI is InChI=1S/C14H16FNO2/c15-11-3-1-2-9(6-11)14(18)16-7-10-4-5-13(17)12(10)8-16/h1-3,6,10,12-13,17H,4-5,7-8H2. The molecule has 3 nitrogen and oxygen atoms in total.